The molecule has 8 nitrogen and oxygen atoms in total. The number of nitrogens with zero attached hydrogens (tertiary/aromatic N) is 4. The Morgan fingerprint density at radius 1 is 1.26 bits per heavy atom. The lowest BCUT2D eigenvalue weighted by molar-refractivity contribution is -0.125. The van der Waals surface area contributed by atoms with Crippen molar-refractivity contribution in [1.29, 1.82) is 0 Å². The molecule has 0 saturated carbocycles. The number of hydrogen-bond donors (Lipinski definition) is 3. The number of piperidine rings is 1. The minimum Gasteiger partial charge on any atom is -0.361 e. The van der Waals surface area contributed by atoms with Crippen LogP contribution in [0.2, 0.25) is 5.28 Å². The largest absolute Gasteiger partial charge is 0.361 e. The highest BCUT2D eigenvalue weighted by atomic mass is 35.5. The molecular weight excluding hydrogens is 421 g/mol. The van der Waals surface area contributed by atoms with E-state index in [0.29, 0.717) is 31.7 Å². The topological polar surface area (TPSA) is 103 Å². The number of hydrogen-bond acceptors (Lipinski definition) is 5. The predicted molar refractivity (Wildman–Crippen MR) is 117 cm³/mol. The normalized spacial score (nSPS) is 15.1. The molecule has 5 rings (SSSR count). The Balaban J connectivity index is 1.16. The molecule has 4 heterocycles. The van der Waals surface area contributed by atoms with Crippen LogP contribution in [0.5, 0.6) is 0 Å². The average molecular weight is 442 g/mol. The van der Waals surface area contributed by atoms with Crippen molar-refractivity contribution in [2.45, 2.75) is 19.3 Å². The number of imidazole rings is 1. The third kappa shape index (κ3) is 3.93. The van der Waals surface area contributed by atoms with Crippen molar-refractivity contribution in [3.63, 3.8) is 0 Å². The Morgan fingerprint density at radius 2 is 2.10 bits per heavy atom. The van der Waals surface area contributed by atoms with Gasteiger partial charge >= 0.3 is 0 Å². The van der Waals surface area contributed by atoms with Gasteiger partial charge in [-0.2, -0.15) is 9.97 Å². The Hall–Kier alpha value is -3.20. The number of amides is 1. The molecule has 0 aliphatic carbocycles. The van der Waals surface area contributed by atoms with E-state index in [1.165, 1.54) is 12.1 Å². The number of halogens is 2. The minimum absolute atomic E-state index is 0.0498. The van der Waals surface area contributed by atoms with Crippen LogP contribution in [0.3, 0.4) is 0 Å². The molecule has 0 bridgehead atoms. The van der Waals surface area contributed by atoms with Crippen molar-refractivity contribution in [3.8, 4) is 0 Å². The summed E-state index contributed by atoms with van der Waals surface area (Å²) in [5, 5.41) is 4.05. The second-order valence-electron chi connectivity index (χ2n) is 7.72. The van der Waals surface area contributed by atoms with Gasteiger partial charge in [-0.05, 0) is 54.6 Å². The molecule has 3 N–H and O–H groups in total. The number of rotatable bonds is 5. The number of carbonyl (C=O) groups is 1. The highest BCUT2D eigenvalue weighted by Gasteiger charge is 2.27. The summed E-state index contributed by atoms with van der Waals surface area (Å²) < 4.78 is 13.5. The first-order valence-corrected chi connectivity index (χ1v) is 10.6. The molecule has 0 spiro atoms. The summed E-state index contributed by atoms with van der Waals surface area (Å²) in [4.78, 5) is 33.6. The molecule has 0 unspecified atom stereocenters. The molecule has 10 heteroatoms. The summed E-state index contributed by atoms with van der Waals surface area (Å²) in [5.41, 5.74) is 3.18. The monoisotopic (exact) mass is 441 g/mol. The van der Waals surface area contributed by atoms with E-state index in [9.17, 15) is 9.18 Å². The lowest BCUT2D eigenvalue weighted by atomic mass is 9.95. The zero-order valence-electron chi connectivity index (χ0n) is 16.7. The first-order chi connectivity index (χ1) is 15.1. The molecule has 0 atom stereocenters. The van der Waals surface area contributed by atoms with Crippen LogP contribution in [0.4, 0.5) is 10.2 Å². The van der Waals surface area contributed by atoms with Gasteiger partial charge in [-0.15, -0.1) is 0 Å². The van der Waals surface area contributed by atoms with Gasteiger partial charge < -0.3 is 20.2 Å². The predicted octanol–water partition coefficient (Wildman–Crippen LogP) is 3.20. The van der Waals surface area contributed by atoms with Crippen LogP contribution in [0.1, 0.15) is 18.4 Å². The number of carbonyl (C=O) groups excluding carboxylic acids is 1. The fraction of sp³-hybridized carbons (Fsp3) is 0.333. The average Bonchev–Trinajstić information content (AvgIpc) is 3.40. The van der Waals surface area contributed by atoms with E-state index in [4.69, 9.17) is 11.6 Å². The van der Waals surface area contributed by atoms with Crippen LogP contribution in [-0.4, -0.2) is 50.5 Å². The van der Waals surface area contributed by atoms with Crippen molar-refractivity contribution >= 4 is 45.4 Å². The SMILES string of the molecule is O=C(NCCc1c[nH]c2ccc(F)cc12)C1CCN(c2nc(Cl)nc3nc[nH]c23)CC1. The highest BCUT2D eigenvalue weighted by Crippen LogP contribution is 2.27. The molecule has 31 heavy (non-hydrogen) atoms. The lowest BCUT2D eigenvalue weighted by Gasteiger charge is -2.32. The van der Waals surface area contributed by atoms with E-state index >= 15 is 0 Å². The van der Waals surface area contributed by atoms with Crippen molar-refractivity contribution in [2.75, 3.05) is 24.5 Å². The summed E-state index contributed by atoms with van der Waals surface area (Å²) in [6.45, 7) is 1.90. The van der Waals surface area contributed by atoms with E-state index in [0.717, 1.165) is 40.6 Å². The van der Waals surface area contributed by atoms with Gasteiger partial charge in [0.25, 0.3) is 0 Å². The fourth-order valence-electron chi connectivity index (χ4n) is 4.20. The molecule has 1 fully saturated rings. The number of fused-ring (bicyclic) bond motifs is 2. The summed E-state index contributed by atoms with van der Waals surface area (Å²) in [5.74, 6) is 0.462. The quantitative estimate of drug-likeness (QED) is 0.413. The van der Waals surface area contributed by atoms with Gasteiger partial charge in [0.2, 0.25) is 11.2 Å². The van der Waals surface area contributed by atoms with Gasteiger partial charge in [0.05, 0.1) is 6.33 Å². The number of nitrogens with one attached hydrogen (secondary N) is 3. The first-order valence-electron chi connectivity index (χ1n) is 10.2. The molecule has 1 aromatic carbocycles. The third-order valence-electron chi connectivity index (χ3n) is 5.83. The van der Waals surface area contributed by atoms with Crippen molar-refractivity contribution in [2.24, 2.45) is 5.92 Å². The molecule has 1 saturated heterocycles. The van der Waals surface area contributed by atoms with E-state index in [2.05, 4.69) is 35.1 Å². The van der Waals surface area contributed by atoms with Gasteiger partial charge in [-0.25, -0.2) is 9.37 Å². The van der Waals surface area contributed by atoms with Gasteiger partial charge in [-0.3, -0.25) is 4.79 Å². The lowest BCUT2D eigenvalue weighted by Crippen LogP contribution is -2.41. The third-order valence-corrected chi connectivity index (χ3v) is 6.00. The zero-order valence-corrected chi connectivity index (χ0v) is 17.4. The minimum atomic E-state index is -0.262. The van der Waals surface area contributed by atoms with E-state index in [1.807, 2.05) is 6.20 Å². The molecule has 0 radical (unpaired) electrons. The van der Waals surface area contributed by atoms with Crippen molar-refractivity contribution < 1.29 is 9.18 Å². The van der Waals surface area contributed by atoms with Crippen molar-refractivity contribution in [3.05, 3.63) is 47.4 Å². The number of aromatic amines is 2. The Labute approximate surface area is 182 Å². The van der Waals surface area contributed by atoms with Gasteiger partial charge in [-0.1, -0.05) is 0 Å². The van der Waals surface area contributed by atoms with E-state index in [-0.39, 0.29) is 22.9 Å². The van der Waals surface area contributed by atoms with Crippen LogP contribution in [0, 0.1) is 11.7 Å². The van der Waals surface area contributed by atoms with E-state index < -0.39 is 0 Å². The smallest absolute Gasteiger partial charge is 0.226 e. The Bertz CT molecular complexity index is 1250. The second kappa shape index (κ2) is 8.14. The second-order valence-corrected chi connectivity index (χ2v) is 8.06. The maximum absolute atomic E-state index is 13.5. The van der Waals surface area contributed by atoms with Crippen LogP contribution in [0.25, 0.3) is 22.1 Å². The van der Waals surface area contributed by atoms with Crippen LogP contribution in [-0.2, 0) is 11.2 Å². The van der Waals surface area contributed by atoms with Crippen molar-refractivity contribution in [1.82, 2.24) is 30.2 Å². The summed E-state index contributed by atoms with van der Waals surface area (Å²) in [7, 11) is 0. The molecule has 3 aromatic heterocycles. The molecule has 4 aromatic rings. The molecule has 160 valence electrons. The van der Waals surface area contributed by atoms with Crippen LogP contribution >= 0.6 is 11.6 Å². The maximum atomic E-state index is 13.5. The fourth-order valence-corrected chi connectivity index (χ4v) is 4.36. The van der Waals surface area contributed by atoms with E-state index in [1.54, 1.807) is 12.4 Å². The first kappa shape index (κ1) is 19.7. The molecular formula is C21H21ClFN7O. The van der Waals surface area contributed by atoms with Gasteiger partial charge in [0.1, 0.15) is 11.3 Å². The molecule has 1 aliphatic heterocycles. The standard InChI is InChI=1S/C21H21ClFN7O/c22-21-28-18-17(26-11-27-18)19(29-21)30-7-4-12(5-8-30)20(31)24-6-3-13-10-25-16-2-1-14(23)9-15(13)16/h1-2,9-12,25H,3-8H2,(H,24,31)(H,26,27,28,29). The van der Waals surface area contributed by atoms with Gasteiger partial charge in [0.15, 0.2) is 11.5 Å². The van der Waals surface area contributed by atoms with Crippen LogP contribution < -0.4 is 10.2 Å². The number of benzene rings is 1. The number of anilines is 1. The summed E-state index contributed by atoms with van der Waals surface area (Å²) >= 11 is 6.03. The molecule has 1 aliphatic rings. The zero-order chi connectivity index (χ0) is 21.4. The maximum Gasteiger partial charge on any atom is 0.226 e. The highest BCUT2D eigenvalue weighted by molar-refractivity contribution is 6.28. The summed E-state index contributed by atoms with van der Waals surface area (Å²) in [6.07, 6.45) is 5.54. The Morgan fingerprint density at radius 3 is 2.94 bits per heavy atom. The van der Waals surface area contributed by atoms with Crippen LogP contribution in [0.15, 0.2) is 30.7 Å². The summed E-state index contributed by atoms with van der Waals surface area (Å²) in [6, 6.07) is 4.68. The van der Waals surface area contributed by atoms with Gasteiger partial charge in [0, 0.05) is 42.7 Å². The number of aromatic nitrogens is 5. The number of H-pyrrole nitrogens is 2. The molecule has 1 amide bonds. The Kier molecular flexibility index (Phi) is 5.19.